The quantitative estimate of drug-likeness (QED) is 0.831. The van der Waals surface area contributed by atoms with Gasteiger partial charge in [0.25, 0.3) is 0 Å². The molecule has 0 aliphatic carbocycles. The molecule has 1 aliphatic heterocycles. The summed E-state index contributed by atoms with van der Waals surface area (Å²) in [6.45, 7) is 4.83. The third kappa shape index (κ3) is 2.33. The summed E-state index contributed by atoms with van der Waals surface area (Å²) in [6.07, 6.45) is -2.17. The summed E-state index contributed by atoms with van der Waals surface area (Å²) in [5.74, 6) is 0.606. The van der Waals surface area contributed by atoms with E-state index >= 15 is 0 Å². The number of halogens is 3. The van der Waals surface area contributed by atoms with Gasteiger partial charge >= 0.3 is 6.18 Å². The molecule has 0 spiro atoms. The third-order valence-corrected chi connectivity index (χ3v) is 3.73. The van der Waals surface area contributed by atoms with Crippen molar-refractivity contribution in [3.63, 3.8) is 0 Å². The van der Waals surface area contributed by atoms with Crippen LogP contribution in [0.3, 0.4) is 0 Å². The fourth-order valence-corrected chi connectivity index (χ4v) is 2.80. The molecule has 0 saturated carbocycles. The van der Waals surface area contributed by atoms with Crippen molar-refractivity contribution in [3.8, 4) is 0 Å². The van der Waals surface area contributed by atoms with Gasteiger partial charge in [0.1, 0.15) is 0 Å². The van der Waals surface area contributed by atoms with E-state index in [1.54, 1.807) is 0 Å². The summed E-state index contributed by atoms with van der Waals surface area (Å²) in [5.41, 5.74) is 0.579. The molecule has 1 aromatic rings. The fourth-order valence-electron chi connectivity index (χ4n) is 2.80. The van der Waals surface area contributed by atoms with E-state index in [4.69, 9.17) is 0 Å². The molecule has 2 atom stereocenters. The summed E-state index contributed by atoms with van der Waals surface area (Å²) >= 11 is 0. The van der Waals surface area contributed by atoms with Crippen LogP contribution in [0.5, 0.6) is 0 Å². The van der Waals surface area contributed by atoms with E-state index in [0.29, 0.717) is 12.5 Å². The van der Waals surface area contributed by atoms with Crippen LogP contribution < -0.4 is 5.32 Å². The van der Waals surface area contributed by atoms with Crippen LogP contribution in [0.1, 0.15) is 43.7 Å². The number of fused-ring (bicyclic) bond motifs is 1. The molecule has 0 amide bonds. The lowest BCUT2D eigenvalue weighted by atomic mass is 9.85. The molecule has 0 fully saturated rings. The number of hydrogen-bond donors (Lipinski definition) is 1. The topological polar surface area (TPSA) is 12.0 Å². The average molecular weight is 257 g/mol. The zero-order valence-electron chi connectivity index (χ0n) is 10.6. The number of alkyl halides is 3. The summed E-state index contributed by atoms with van der Waals surface area (Å²) in [7, 11) is 0. The highest BCUT2D eigenvalue weighted by molar-refractivity contribution is 5.64. The van der Waals surface area contributed by atoms with Crippen molar-refractivity contribution >= 4 is 5.69 Å². The van der Waals surface area contributed by atoms with Gasteiger partial charge in [0.15, 0.2) is 0 Å². The molecule has 4 heteroatoms. The number of rotatable bonds is 3. The zero-order chi connectivity index (χ0) is 13.3. The van der Waals surface area contributed by atoms with Gasteiger partial charge in [-0.25, -0.2) is 0 Å². The van der Waals surface area contributed by atoms with E-state index in [1.165, 1.54) is 6.07 Å². The van der Waals surface area contributed by atoms with Crippen molar-refractivity contribution in [2.45, 2.75) is 38.8 Å². The fraction of sp³-hybridized carbons (Fsp3) is 0.571. The van der Waals surface area contributed by atoms with E-state index in [9.17, 15) is 13.2 Å². The number of nitrogens with one attached hydrogen (secondary N) is 1. The van der Waals surface area contributed by atoms with Crippen molar-refractivity contribution < 1.29 is 13.2 Å². The first kappa shape index (κ1) is 13.2. The number of para-hydroxylation sites is 1. The Hall–Kier alpha value is -1.19. The Bertz CT molecular complexity index is 426. The Balaban J connectivity index is 2.35. The summed E-state index contributed by atoms with van der Waals surface area (Å²) in [4.78, 5) is 0. The van der Waals surface area contributed by atoms with Gasteiger partial charge in [0, 0.05) is 18.2 Å². The molecule has 2 rings (SSSR count). The Kier molecular flexibility index (Phi) is 3.55. The van der Waals surface area contributed by atoms with Crippen molar-refractivity contribution in [1.29, 1.82) is 0 Å². The highest BCUT2D eigenvalue weighted by atomic mass is 19.4. The third-order valence-electron chi connectivity index (χ3n) is 3.73. The van der Waals surface area contributed by atoms with Gasteiger partial charge in [-0.1, -0.05) is 38.8 Å². The molecule has 1 N–H and O–H groups in total. The van der Waals surface area contributed by atoms with E-state index in [-0.39, 0.29) is 11.6 Å². The van der Waals surface area contributed by atoms with Crippen LogP contribution in [0, 0.1) is 5.92 Å². The maximum atomic E-state index is 12.9. The minimum absolute atomic E-state index is 0.197. The molecule has 1 aromatic carbocycles. The van der Waals surface area contributed by atoms with Gasteiger partial charge in [-0.2, -0.15) is 13.2 Å². The summed E-state index contributed by atoms with van der Waals surface area (Å²) in [5, 5.41) is 2.94. The van der Waals surface area contributed by atoms with Gasteiger partial charge in [-0.15, -0.1) is 0 Å². The van der Waals surface area contributed by atoms with Crippen LogP contribution >= 0.6 is 0 Å². The highest BCUT2D eigenvalue weighted by Gasteiger charge is 2.38. The van der Waals surface area contributed by atoms with Gasteiger partial charge in [-0.3, -0.25) is 0 Å². The minimum atomic E-state index is -4.28. The van der Waals surface area contributed by atoms with Crippen LogP contribution in [0.15, 0.2) is 18.2 Å². The Morgan fingerprint density at radius 3 is 2.72 bits per heavy atom. The molecule has 100 valence electrons. The normalized spacial score (nSPS) is 20.4. The van der Waals surface area contributed by atoms with E-state index < -0.39 is 11.7 Å². The first-order valence-electron chi connectivity index (χ1n) is 6.39. The second-order valence-electron chi connectivity index (χ2n) is 5.02. The van der Waals surface area contributed by atoms with Crippen LogP contribution in [-0.2, 0) is 6.18 Å². The van der Waals surface area contributed by atoms with Gasteiger partial charge in [0.05, 0.1) is 5.56 Å². The summed E-state index contributed by atoms with van der Waals surface area (Å²) in [6, 6.07) is 4.49. The maximum absolute atomic E-state index is 12.9. The van der Waals surface area contributed by atoms with E-state index in [1.807, 2.05) is 6.07 Å². The lowest BCUT2D eigenvalue weighted by molar-refractivity contribution is -0.136. The largest absolute Gasteiger partial charge is 0.418 e. The SMILES string of the molecule is CCCC(C)C1CNc2c1cccc2C(F)(F)F. The first-order valence-corrected chi connectivity index (χ1v) is 6.39. The molecule has 1 nitrogen and oxygen atoms in total. The van der Waals surface area contributed by atoms with Crippen LogP contribution in [0.25, 0.3) is 0 Å². The van der Waals surface area contributed by atoms with Crippen LogP contribution in [-0.4, -0.2) is 6.54 Å². The van der Waals surface area contributed by atoms with Crippen LogP contribution in [0.2, 0.25) is 0 Å². The molecule has 0 radical (unpaired) electrons. The van der Waals surface area contributed by atoms with Crippen molar-refractivity contribution in [2.24, 2.45) is 5.92 Å². The molecule has 18 heavy (non-hydrogen) atoms. The molecule has 0 saturated heterocycles. The minimum Gasteiger partial charge on any atom is -0.384 e. The van der Waals surface area contributed by atoms with Crippen molar-refractivity contribution in [3.05, 3.63) is 29.3 Å². The Morgan fingerprint density at radius 2 is 2.11 bits per heavy atom. The van der Waals surface area contributed by atoms with Gasteiger partial charge in [-0.05, 0) is 17.5 Å². The predicted molar refractivity (Wildman–Crippen MR) is 66.7 cm³/mol. The number of hydrogen-bond acceptors (Lipinski definition) is 1. The smallest absolute Gasteiger partial charge is 0.384 e. The first-order chi connectivity index (χ1) is 8.45. The van der Waals surface area contributed by atoms with Gasteiger partial charge < -0.3 is 5.32 Å². The molecule has 1 heterocycles. The highest BCUT2D eigenvalue weighted by Crippen LogP contribution is 2.44. The molecule has 2 unspecified atom stereocenters. The molecular weight excluding hydrogens is 239 g/mol. The molecular formula is C14H18F3N. The maximum Gasteiger partial charge on any atom is 0.418 e. The van der Waals surface area contributed by atoms with E-state index in [0.717, 1.165) is 24.5 Å². The van der Waals surface area contributed by atoms with E-state index in [2.05, 4.69) is 19.2 Å². The van der Waals surface area contributed by atoms with Crippen molar-refractivity contribution in [1.82, 2.24) is 0 Å². The van der Waals surface area contributed by atoms with Crippen LogP contribution in [0.4, 0.5) is 18.9 Å². The lowest BCUT2D eigenvalue weighted by Gasteiger charge is -2.19. The Labute approximate surface area is 105 Å². The zero-order valence-corrected chi connectivity index (χ0v) is 10.6. The number of anilines is 1. The predicted octanol–water partition coefficient (Wildman–Crippen LogP) is 4.65. The van der Waals surface area contributed by atoms with Crippen molar-refractivity contribution in [2.75, 3.05) is 11.9 Å². The summed E-state index contributed by atoms with van der Waals surface area (Å²) < 4.78 is 38.6. The average Bonchev–Trinajstić information content (AvgIpc) is 2.71. The van der Waals surface area contributed by atoms with Gasteiger partial charge in [0.2, 0.25) is 0 Å². The molecule has 0 aromatic heterocycles. The lowest BCUT2D eigenvalue weighted by Crippen LogP contribution is -2.11. The Morgan fingerprint density at radius 1 is 1.39 bits per heavy atom. The second-order valence-corrected chi connectivity index (χ2v) is 5.02. The monoisotopic (exact) mass is 257 g/mol. The molecule has 0 bridgehead atoms. The standard InChI is InChI=1S/C14H18F3N/c1-3-5-9(2)11-8-18-13-10(11)6-4-7-12(13)14(15,16)17/h4,6-7,9,11,18H,3,5,8H2,1-2H3. The molecule has 1 aliphatic rings. The number of benzene rings is 1. The second kappa shape index (κ2) is 4.82.